The van der Waals surface area contributed by atoms with Gasteiger partial charge in [0.2, 0.25) is 0 Å². The monoisotopic (exact) mass is 373 g/mol. The van der Waals surface area contributed by atoms with Gasteiger partial charge in [-0.3, -0.25) is 5.32 Å². The summed E-state index contributed by atoms with van der Waals surface area (Å²) < 4.78 is 5.58. The van der Waals surface area contributed by atoms with Crippen molar-refractivity contribution in [2.24, 2.45) is 0 Å². The Kier molecular flexibility index (Phi) is 6.03. The van der Waals surface area contributed by atoms with E-state index in [2.05, 4.69) is 22.5 Å². The Morgan fingerprint density at radius 1 is 1.20 bits per heavy atom. The zero-order valence-electron chi connectivity index (χ0n) is 13.8. The van der Waals surface area contributed by atoms with Gasteiger partial charge in [-0.1, -0.05) is 13.0 Å². The van der Waals surface area contributed by atoms with Crippen molar-refractivity contribution in [2.45, 2.75) is 19.9 Å². The fraction of sp³-hybridized carbons (Fsp3) is 0.222. The Balaban J connectivity index is 1.55. The largest absolute Gasteiger partial charge is 0.494 e. The minimum Gasteiger partial charge on any atom is -0.494 e. The van der Waals surface area contributed by atoms with Crippen LogP contribution in [-0.2, 0) is 6.54 Å². The van der Waals surface area contributed by atoms with Crippen LogP contribution >= 0.6 is 22.7 Å². The maximum Gasteiger partial charge on any atom is 0.321 e. The minimum absolute atomic E-state index is 0.252. The molecule has 5 nitrogen and oxygen atoms in total. The Hall–Kier alpha value is -2.38. The van der Waals surface area contributed by atoms with Gasteiger partial charge in [0, 0.05) is 15.8 Å². The second-order valence-electron chi connectivity index (χ2n) is 5.30. The van der Waals surface area contributed by atoms with Crippen molar-refractivity contribution in [1.29, 1.82) is 0 Å². The first-order valence-corrected chi connectivity index (χ1v) is 9.76. The lowest BCUT2D eigenvalue weighted by atomic mass is 10.2. The quantitative estimate of drug-likeness (QED) is 0.614. The third kappa shape index (κ3) is 5.04. The Morgan fingerprint density at radius 2 is 2.04 bits per heavy atom. The summed E-state index contributed by atoms with van der Waals surface area (Å²) in [6.07, 6.45) is 0.984. The van der Waals surface area contributed by atoms with Crippen molar-refractivity contribution in [3.05, 3.63) is 52.0 Å². The normalized spacial score (nSPS) is 10.4. The molecule has 1 aromatic carbocycles. The number of anilines is 1. The SMILES string of the molecule is CCCOc1ccc(-c2csc(NC(=O)NCc3cccs3)n2)cc1. The summed E-state index contributed by atoms with van der Waals surface area (Å²) in [5.74, 6) is 0.854. The van der Waals surface area contributed by atoms with Gasteiger partial charge in [-0.2, -0.15) is 0 Å². The maximum atomic E-state index is 11.9. The fourth-order valence-electron chi connectivity index (χ4n) is 2.13. The number of benzene rings is 1. The number of aromatic nitrogens is 1. The molecule has 130 valence electrons. The average molecular weight is 374 g/mol. The molecule has 2 aromatic heterocycles. The van der Waals surface area contributed by atoms with Crippen LogP contribution in [0.25, 0.3) is 11.3 Å². The Morgan fingerprint density at radius 3 is 2.76 bits per heavy atom. The van der Waals surface area contributed by atoms with Gasteiger partial charge in [0.25, 0.3) is 0 Å². The number of thiophene rings is 1. The van der Waals surface area contributed by atoms with Gasteiger partial charge in [0.15, 0.2) is 5.13 Å². The number of thiazole rings is 1. The van der Waals surface area contributed by atoms with E-state index in [0.717, 1.165) is 28.3 Å². The molecule has 0 saturated carbocycles. The van der Waals surface area contributed by atoms with E-state index in [1.165, 1.54) is 11.3 Å². The van der Waals surface area contributed by atoms with E-state index in [-0.39, 0.29) is 6.03 Å². The van der Waals surface area contributed by atoms with Gasteiger partial charge < -0.3 is 10.1 Å². The predicted octanol–water partition coefficient (Wildman–Crippen LogP) is 4.98. The molecule has 25 heavy (non-hydrogen) atoms. The van der Waals surface area contributed by atoms with E-state index in [0.29, 0.717) is 18.3 Å². The standard InChI is InChI=1S/C18H19N3O2S2/c1-2-9-23-14-7-5-13(6-8-14)16-12-25-18(20-16)21-17(22)19-11-15-4-3-10-24-15/h3-8,10,12H,2,9,11H2,1H3,(H2,19,20,21,22). The predicted molar refractivity (Wildman–Crippen MR) is 104 cm³/mol. The van der Waals surface area contributed by atoms with Crippen LogP contribution in [0.3, 0.4) is 0 Å². The van der Waals surface area contributed by atoms with Crippen LogP contribution in [0, 0.1) is 0 Å². The highest BCUT2D eigenvalue weighted by Crippen LogP contribution is 2.26. The van der Waals surface area contributed by atoms with Crippen LogP contribution < -0.4 is 15.4 Å². The molecule has 0 bridgehead atoms. The number of carbonyl (C=O) groups is 1. The lowest BCUT2D eigenvalue weighted by Gasteiger charge is -2.05. The van der Waals surface area contributed by atoms with Crippen molar-refractivity contribution in [2.75, 3.05) is 11.9 Å². The second-order valence-corrected chi connectivity index (χ2v) is 7.19. The topological polar surface area (TPSA) is 63.2 Å². The highest BCUT2D eigenvalue weighted by Gasteiger charge is 2.08. The molecule has 0 radical (unpaired) electrons. The van der Waals surface area contributed by atoms with Crippen LogP contribution in [0.15, 0.2) is 47.2 Å². The molecule has 3 rings (SSSR count). The summed E-state index contributed by atoms with van der Waals surface area (Å²) in [7, 11) is 0. The maximum absolute atomic E-state index is 11.9. The van der Waals surface area contributed by atoms with Crippen LogP contribution in [0.4, 0.5) is 9.93 Å². The van der Waals surface area contributed by atoms with Crippen molar-refractivity contribution in [3.63, 3.8) is 0 Å². The number of hydrogen-bond acceptors (Lipinski definition) is 5. The third-order valence-electron chi connectivity index (χ3n) is 3.35. The summed E-state index contributed by atoms with van der Waals surface area (Å²) in [6.45, 7) is 3.31. The molecule has 0 atom stereocenters. The van der Waals surface area contributed by atoms with Gasteiger partial charge in [-0.05, 0) is 42.1 Å². The number of amides is 2. The zero-order chi connectivity index (χ0) is 17.5. The molecular formula is C18H19N3O2S2. The first-order chi connectivity index (χ1) is 12.2. The molecule has 2 amide bonds. The number of carbonyl (C=O) groups excluding carboxylic acids is 1. The fourth-order valence-corrected chi connectivity index (χ4v) is 3.49. The molecule has 0 unspecified atom stereocenters. The zero-order valence-corrected chi connectivity index (χ0v) is 15.5. The molecule has 2 heterocycles. The number of hydrogen-bond donors (Lipinski definition) is 2. The third-order valence-corrected chi connectivity index (χ3v) is 4.98. The average Bonchev–Trinajstić information content (AvgIpc) is 3.30. The summed E-state index contributed by atoms with van der Waals surface area (Å²) >= 11 is 3.02. The second kappa shape index (κ2) is 8.64. The Labute approximate surface area is 154 Å². The van der Waals surface area contributed by atoms with Crippen LogP contribution in [-0.4, -0.2) is 17.6 Å². The van der Waals surface area contributed by atoms with Crippen molar-refractivity contribution >= 4 is 33.8 Å². The van der Waals surface area contributed by atoms with Crippen LogP contribution in [0.5, 0.6) is 5.75 Å². The summed E-state index contributed by atoms with van der Waals surface area (Å²) in [5, 5.41) is 10.1. The van der Waals surface area contributed by atoms with E-state index < -0.39 is 0 Å². The smallest absolute Gasteiger partial charge is 0.321 e. The van der Waals surface area contributed by atoms with E-state index in [9.17, 15) is 4.79 Å². The lowest BCUT2D eigenvalue weighted by molar-refractivity contribution is 0.252. The Bertz CT molecular complexity index is 798. The minimum atomic E-state index is -0.252. The van der Waals surface area contributed by atoms with Crippen molar-refractivity contribution < 1.29 is 9.53 Å². The molecule has 0 spiro atoms. The molecule has 0 aliphatic heterocycles. The van der Waals surface area contributed by atoms with Crippen LogP contribution in [0.2, 0.25) is 0 Å². The van der Waals surface area contributed by atoms with E-state index in [4.69, 9.17) is 4.74 Å². The van der Waals surface area contributed by atoms with Gasteiger partial charge >= 0.3 is 6.03 Å². The number of nitrogens with zero attached hydrogens (tertiary/aromatic N) is 1. The van der Waals surface area contributed by atoms with Gasteiger partial charge in [0.1, 0.15) is 5.75 Å². The summed E-state index contributed by atoms with van der Waals surface area (Å²) in [4.78, 5) is 17.5. The molecule has 0 fully saturated rings. The first kappa shape index (κ1) is 17.4. The van der Waals surface area contributed by atoms with Gasteiger partial charge in [0.05, 0.1) is 18.8 Å². The van der Waals surface area contributed by atoms with E-state index in [1.807, 2.05) is 47.2 Å². The molecular weight excluding hydrogens is 354 g/mol. The summed E-state index contributed by atoms with van der Waals surface area (Å²) in [5.41, 5.74) is 1.83. The molecule has 3 aromatic rings. The van der Waals surface area contributed by atoms with E-state index >= 15 is 0 Å². The molecule has 2 N–H and O–H groups in total. The summed E-state index contributed by atoms with van der Waals surface area (Å²) in [6, 6.07) is 11.5. The number of nitrogens with one attached hydrogen (secondary N) is 2. The first-order valence-electron chi connectivity index (χ1n) is 8.00. The van der Waals surface area contributed by atoms with Gasteiger partial charge in [-0.25, -0.2) is 9.78 Å². The van der Waals surface area contributed by atoms with Crippen molar-refractivity contribution in [1.82, 2.24) is 10.3 Å². The van der Waals surface area contributed by atoms with Crippen LogP contribution in [0.1, 0.15) is 18.2 Å². The number of urea groups is 1. The number of rotatable bonds is 7. The molecule has 0 aliphatic carbocycles. The molecule has 7 heteroatoms. The van der Waals surface area contributed by atoms with E-state index in [1.54, 1.807) is 11.3 Å². The number of ether oxygens (including phenoxy) is 1. The molecule has 0 saturated heterocycles. The van der Waals surface area contributed by atoms with Crippen molar-refractivity contribution in [3.8, 4) is 17.0 Å². The highest BCUT2D eigenvalue weighted by molar-refractivity contribution is 7.14. The molecule has 0 aliphatic rings. The van der Waals surface area contributed by atoms with Gasteiger partial charge in [-0.15, -0.1) is 22.7 Å². The highest BCUT2D eigenvalue weighted by atomic mass is 32.1. The lowest BCUT2D eigenvalue weighted by Crippen LogP contribution is -2.27.